The van der Waals surface area contributed by atoms with Gasteiger partial charge in [-0.3, -0.25) is 9.59 Å². The van der Waals surface area contributed by atoms with E-state index in [1.165, 1.54) is 0 Å². The van der Waals surface area contributed by atoms with E-state index in [2.05, 4.69) is 10.3 Å². The number of hydrogen-bond acceptors (Lipinski definition) is 4. The molecule has 2 rings (SSSR count). The van der Waals surface area contributed by atoms with Crippen molar-refractivity contribution in [3.05, 3.63) is 17.3 Å². The Hall–Kier alpha value is -1.85. The number of hydrogen-bond donors (Lipinski definition) is 1. The summed E-state index contributed by atoms with van der Waals surface area (Å²) in [6, 6.07) is -0.927. The molecule has 0 aliphatic carbocycles. The third-order valence-corrected chi connectivity index (χ3v) is 3.70. The molecule has 20 heavy (non-hydrogen) atoms. The molecule has 0 spiro atoms. The molecule has 1 N–H and O–H groups in total. The second-order valence-corrected chi connectivity index (χ2v) is 5.24. The van der Waals surface area contributed by atoms with Gasteiger partial charge in [-0.15, -0.1) is 0 Å². The molecular formula is C14H21N3O3. The van der Waals surface area contributed by atoms with Crippen LogP contribution in [0.25, 0.3) is 0 Å². The molecule has 1 aliphatic rings. The van der Waals surface area contributed by atoms with Crippen molar-refractivity contribution >= 4 is 11.8 Å². The van der Waals surface area contributed by atoms with Crippen LogP contribution in [0.5, 0.6) is 0 Å². The number of aromatic nitrogens is 1. The van der Waals surface area contributed by atoms with Gasteiger partial charge in [0.2, 0.25) is 17.7 Å². The molecule has 1 fully saturated rings. The zero-order valence-electron chi connectivity index (χ0n) is 12.4. The van der Waals surface area contributed by atoms with Gasteiger partial charge in [0.1, 0.15) is 17.8 Å². The molecule has 1 aliphatic heterocycles. The van der Waals surface area contributed by atoms with Crippen LogP contribution >= 0.6 is 0 Å². The van der Waals surface area contributed by atoms with Gasteiger partial charge in [0.25, 0.3) is 0 Å². The molecule has 2 heterocycles. The van der Waals surface area contributed by atoms with Crippen molar-refractivity contribution in [2.24, 2.45) is 0 Å². The normalized spacial score (nSPS) is 23.1. The second kappa shape index (κ2) is 5.64. The fourth-order valence-corrected chi connectivity index (χ4v) is 2.34. The van der Waals surface area contributed by atoms with Crippen LogP contribution < -0.4 is 5.32 Å². The summed E-state index contributed by atoms with van der Waals surface area (Å²) >= 11 is 0. The molecule has 2 amide bonds. The summed E-state index contributed by atoms with van der Waals surface area (Å²) in [6.07, 6.45) is 1.49. The molecule has 6 nitrogen and oxygen atoms in total. The predicted molar refractivity (Wildman–Crippen MR) is 72.8 cm³/mol. The number of nitrogens with zero attached hydrogens (tertiary/aromatic N) is 2. The Morgan fingerprint density at radius 3 is 2.60 bits per heavy atom. The quantitative estimate of drug-likeness (QED) is 0.901. The Morgan fingerprint density at radius 2 is 2.05 bits per heavy atom. The fraction of sp³-hybridized carbons (Fsp3) is 0.643. The van der Waals surface area contributed by atoms with Gasteiger partial charge >= 0.3 is 0 Å². The summed E-state index contributed by atoms with van der Waals surface area (Å²) in [5.74, 6) is 1.03. The Balaban J connectivity index is 2.18. The summed E-state index contributed by atoms with van der Waals surface area (Å²) in [5.41, 5.74) is 0.812. The monoisotopic (exact) mass is 279 g/mol. The number of piperazine rings is 1. The van der Waals surface area contributed by atoms with Gasteiger partial charge in [0.05, 0.1) is 12.2 Å². The number of carbonyl (C=O) groups excluding carboxylic acids is 2. The lowest BCUT2D eigenvalue weighted by Crippen LogP contribution is -2.61. The Kier molecular flexibility index (Phi) is 4.11. The maximum absolute atomic E-state index is 12.4. The highest BCUT2D eigenvalue weighted by Crippen LogP contribution is 2.18. The van der Waals surface area contributed by atoms with Gasteiger partial charge < -0.3 is 14.6 Å². The Morgan fingerprint density at radius 1 is 1.35 bits per heavy atom. The van der Waals surface area contributed by atoms with Crippen LogP contribution in [-0.2, 0) is 16.1 Å². The van der Waals surface area contributed by atoms with Crippen LogP contribution in [0.1, 0.15) is 44.0 Å². The van der Waals surface area contributed by atoms with Crippen molar-refractivity contribution in [1.82, 2.24) is 15.2 Å². The summed E-state index contributed by atoms with van der Waals surface area (Å²) in [7, 11) is 0. The van der Waals surface area contributed by atoms with Crippen molar-refractivity contribution in [3.63, 3.8) is 0 Å². The lowest BCUT2D eigenvalue weighted by molar-refractivity contribution is -0.149. The number of aryl methyl sites for hydroxylation is 2. The Bertz CT molecular complexity index is 504. The van der Waals surface area contributed by atoms with Crippen molar-refractivity contribution in [2.75, 3.05) is 0 Å². The van der Waals surface area contributed by atoms with Gasteiger partial charge in [0.15, 0.2) is 0 Å². The van der Waals surface area contributed by atoms with E-state index in [9.17, 15) is 9.59 Å². The van der Waals surface area contributed by atoms with Gasteiger partial charge in [-0.1, -0.05) is 13.3 Å². The minimum atomic E-state index is -0.497. The molecule has 2 atom stereocenters. The molecule has 1 aromatic rings. The summed E-state index contributed by atoms with van der Waals surface area (Å²) in [4.78, 5) is 30.2. The molecule has 0 saturated carbocycles. The number of carbonyl (C=O) groups is 2. The summed E-state index contributed by atoms with van der Waals surface area (Å²) in [6.45, 7) is 7.64. The number of nitrogens with one attached hydrogen (secondary N) is 1. The van der Waals surface area contributed by atoms with Crippen molar-refractivity contribution in [1.29, 1.82) is 0 Å². The minimum absolute atomic E-state index is 0.0625. The van der Waals surface area contributed by atoms with E-state index in [1.807, 2.05) is 20.8 Å². The minimum Gasteiger partial charge on any atom is -0.444 e. The molecule has 1 aromatic heterocycles. The number of oxazole rings is 1. The molecule has 0 bridgehead atoms. The van der Waals surface area contributed by atoms with E-state index in [0.717, 1.165) is 17.9 Å². The van der Waals surface area contributed by atoms with Crippen LogP contribution in [0.4, 0.5) is 0 Å². The largest absolute Gasteiger partial charge is 0.444 e. The summed E-state index contributed by atoms with van der Waals surface area (Å²) in [5, 5.41) is 2.77. The van der Waals surface area contributed by atoms with Crippen LogP contribution in [0, 0.1) is 13.8 Å². The lowest BCUT2D eigenvalue weighted by Gasteiger charge is -2.36. The zero-order chi connectivity index (χ0) is 14.9. The van der Waals surface area contributed by atoms with Crippen molar-refractivity contribution in [2.45, 2.75) is 59.2 Å². The third-order valence-electron chi connectivity index (χ3n) is 3.70. The van der Waals surface area contributed by atoms with Crippen LogP contribution in [0.3, 0.4) is 0 Å². The van der Waals surface area contributed by atoms with Gasteiger partial charge in [-0.05, 0) is 27.2 Å². The highest BCUT2D eigenvalue weighted by Gasteiger charge is 2.38. The first-order valence-corrected chi connectivity index (χ1v) is 6.97. The summed E-state index contributed by atoms with van der Waals surface area (Å²) < 4.78 is 5.51. The maximum Gasteiger partial charge on any atom is 0.246 e. The zero-order valence-corrected chi connectivity index (χ0v) is 12.4. The molecule has 2 unspecified atom stereocenters. The van der Waals surface area contributed by atoms with E-state index in [0.29, 0.717) is 12.3 Å². The third kappa shape index (κ3) is 2.69. The van der Waals surface area contributed by atoms with Crippen molar-refractivity contribution in [3.8, 4) is 0 Å². The molecule has 0 aromatic carbocycles. The van der Waals surface area contributed by atoms with Crippen LogP contribution in [0.2, 0.25) is 0 Å². The number of rotatable bonds is 4. The van der Waals surface area contributed by atoms with Gasteiger partial charge in [-0.25, -0.2) is 4.98 Å². The average Bonchev–Trinajstić information content (AvgIpc) is 2.71. The van der Waals surface area contributed by atoms with E-state index in [4.69, 9.17) is 4.42 Å². The van der Waals surface area contributed by atoms with Gasteiger partial charge in [-0.2, -0.15) is 0 Å². The highest BCUT2D eigenvalue weighted by molar-refractivity contribution is 5.96. The maximum atomic E-state index is 12.4. The average molecular weight is 279 g/mol. The SMILES string of the molecule is CCCC1NC(=O)C(C)N(Cc2nc(C)c(C)o2)C1=O. The second-order valence-electron chi connectivity index (χ2n) is 5.24. The predicted octanol–water partition coefficient (Wildman–Crippen LogP) is 1.31. The van der Waals surface area contributed by atoms with Crippen molar-refractivity contribution < 1.29 is 14.0 Å². The van der Waals surface area contributed by atoms with E-state index in [-0.39, 0.29) is 18.4 Å². The molecular weight excluding hydrogens is 258 g/mol. The topological polar surface area (TPSA) is 75.4 Å². The Labute approximate surface area is 118 Å². The molecule has 110 valence electrons. The first-order chi connectivity index (χ1) is 9.43. The van der Waals surface area contributed by atoms with E-state index < -0.39 is 12.1 Å². The fourth-order valence-electron chi connectivity index (χ4n) is 2.34. The van der Waals surface area contributed by atoms with Crippen LogP contribution in [0.15, 0.2) is 4.42 Å². The highest BCUT2D eigenvalue weighted by atomic mass is 16.4. The molecule has 1 saturated heterocycles. The first-order valence-electron chi connectivity index (χ1n) is 6.97. The van der Waals surface area contributed by atoms with Crippen LogP contribution in [-0.4, -0.2) is 33.8 Å². The lowest BCUT2D eigenvalue weighted by atomic mass is 10.0. The van der Waals surface area contributed by atoms with Gasteiger partial charge in [0, 0.05) is 0 Å². The smallest absolute Gasteiger partial charge is 0.246 e. The number of amides is 2. The molecule has 0 radical (unpaired) electrons. The first kappa shape index (κ1) is 14.6. The standard InChI is InChI=1S/C14H21N3O3/c1-5-6-11-14(19)17(9(3)13(18)16-11)7-12-15-8(2)10(4)20-12/h9,11H,5-7H2,1-4H3,(H,16,18). The van der Waals surface area contributed by atoms with E-state index in [1.54, 1.807) is 11.8 Å². The van der Waals surface area contributed by atoms with E-state index >= 15 is 0 Å². The molecule has 6 heteroatoms.